The third-order valence-corrected chi connectivity index (χ3v) is 1.29. The molecule has 70 valence electrons. The highest BCUT2D eigenvalue weighted by molar-refractivity contribution is 5.68. The monoisotopic (exact) mass is 184 g/mol. The number of phenolic OH excluding ortho intramolecular Hbond substituents is 2. The molecule has 0 fully saturated rings. The number of carbonyl (C=O) groups is 1. The van der Waals surface area contributed by atoms with Gasteiger partial charge in [-0.1, -0.05) is 0 Å². The van der Waals surface area contributed by atoms with Crippen LogP contribution in [-0.4, -0.2) is 27.9 Å². The SMILES string of the molecule is O=C(O)COc1cc(O)ccc1O. The second kappa shape index (κ2) is 3.66. The summed E-state index contributed by atoms with van der Waals surface area (Å²) in [5.74, 6) is -1.51. The Morgan fingerprint density at radius 1 is 1.38 bits per heavy atom. The molecule has 0 saturated carbocycles. The van der Waals surface area contributed by atoms with Crippen molar-refractivity contribution < 1.29 is 24.9 Å². The van der Waals surface area contributed by atoms with E-state index in [1.165, 1.54) is 12.1 Å². The number of aliphatic carboxylic acids is 1. The summed E-state index contributed by atoms with van der Waals surface area (Å²) >= 11 is 0. The van der Waals surface area contributed by atoms with Gasteiger partial charge in [-0.05, 0) is 12.1 Å². The van der Waals surface area contributed by atoms with Crippen molar-refractivity contribution in [3.05, 3.63) is 18.2 Å². The molecule has 0 aliphatic heterocycles. The van der Waals surface area contributed by atoms with Crippen LogP contribution in [0.15, 0.2) is 18.2 Å². The fourth-order valence-corrected chi connectivity index (χ4v) is 0.758. The van der Waals surface area contributed by atoms with E-state index < -0.39 is 12.6 Å². The van der Waals surface area contributed by atoms with Gasteiger partial charge in [0.25, 0.3) is 0 Å². The molecule has 0 atom stereocenters. The lowest BCUT2D eigenvalue weighted by Crippen LogP contribution is -2.09. The summed E-state index contributed by atoms with van der Waals surface area (Å²) in [5.41, 5.74) is 0. The minimum Gasteiger partial charge on any atom is -0.508 e. The molecule has 13 heavy (non-hydrogen) atoms. The second-order valence-electron chi connectivity index (χ2n) is 2.33. The lowest BCUT2D eigenvalue weighted by molar-refractivity contribution is -0.139. The minimum atomic E-state index is -1.15. The second-order valence-corrected chi connectivity index (χ2v) is 2.33. The Bertz CT molecular complexity index is 320. The van der Waals surface area contributed by atoms with Crippen LogP contribution in [0.25, 0.3) is 0 Å². The van der Waals surface area contributed by atoms with Gasteiger partial charge in [-0.2, -0.15) is 0 Å². The predicted molar refractivity (Wildman–Crippen MR) is 42.9 cm³/mol. The maximum absolute atomic E-state index is 10.1. The van der Waals surface area contributed by atoms with E-state index in [0.29, 0.717) is 0 Å². The molecule has 0 bridgehead atoms. The first-order chi connectivity index (χ1) is 6.09. The molecule has 0 aliphatic carbocycles. The van der Waals surface area contributed by atoms with Gasteiger partial charge in [0.1, 0.15) is 5.75 Å². The number of aromatic hydroxyl groups is 2. The highest BCUT2D eigenvalue weighted by atomic mass is 16.5. The number of carboxylic acid groups (broad SMARTS) is 1. The Kier molecular flexibility index (Phi) is 2.59. The van der Waals surface area contributed by atoms with Crippen molar-refractivity contribution >= 4 is 5.97 Å². The molecular weight excluding hydrogens is 176 g/mol. The van der Waals surface area contributed by atoms with Gasteiger partial charge in [-0.15, -0.1) is 0 Å². The molecule has 0 aromatic heterocycles. The normalized spacial score (nSPS) is 9.54. The first-order valence-electron chi connectivity index (χ1n) is 3.46. The maximum Gasteiger partial charge on any atom is 0.341 e. The van der Waals surface area contributed by atoms with Gasteiger partial charge < -0.3 is 20.1 Å². The number of benzene rings is 1. The average Bonchev–Trinajstić information content (AvgIpc) is 2.06. The summed E-state index contributed by atoms with van der Waals surface area (Å²) in [5, 5.41) is 26.3. The summed E-state index contributed by atoms with van der Waals surface area (Å²) < 4.78 is 4.67. The van der Waals surface area contributed by atoms with Gasteiger partial charge in [0.05, 0.1) is 0 Å². The van der Waals surface area contributed by atoms with Gasteiger partial charge >= 0.3 is 5.97 Å². The zero-order valence-electron chi connectivity index (χ0n) is 6.60. The summed E-state index contributed by atoms with van der Waals surface area (Å²) in [6.45, 7) is -0.559. The Morgan fingerprint density at radius 3 is 2.69 bits per heavy atom. The van der Waals surface area contributed by atoms with E-state index in [4.69, 9.17) is 15.3 Å². The van der Waals surface area contributed by atoms with Crippen LogP contribution in [0.5, 0.6) is 17.2 Å². The molecule has 0 amide bonds. The molecule has 1 aromatic carbocycles. The quantitative estimate of drug-likeness (QED) is 0.597. The molecule has 5 heteroatoms. The number of hydrogen-bond donors (Lipinski definition) is 3. The molecular formula is C8H8O5. The van der Waals surface area contributed by atoms with Crippen molar-refractivity contribution in [2.45, 2.75) is 0 Å². The standard InChI is InChI=1S/C8H8O5/c9-5-1-2-6(10)7(3-5)13-4-8(11)12/h1-3,9-10H,4H2,(H,11,12). The van der Waals surface area contributed by atoms with E-state index in [1.807, 2.05) is 0 Å². The molecule has 0 heterocycles. The van der Waals surface area contributed by atoms with Crippen molar-refractivity contribution in [2.75, 3.05) is 6.61 Å². The van der Waals surface area contributed by atoms with E-state index in [1.54, 1.807) is 0 Å². The van der Waals surface area contributed by atoms with Crippen LogP contribution < -0.4 is 4.74 Å². The number of ether oxygens (including phenoxy) is 1. The van der Waals surface area contributed by atoms with Gasteiger partial charge in [0.15, 0.2) is 18.1 Å². The lowest BCUT2D eigenvalue weighted by Gasteiger charge is -2.05. The minimum absolute atomic E-state index is 0.0533. The summed E-state index contributed by atoms with van der Waals surface area (Å²) in [6, 6.07) is 3.62. The van der Waals surface area contributed by atoms with E-state index >= 15 is 0 Å². The van der Waals surface area contributed by atoms with Crippen LogP contribution in [0, 0.1) is 0 Å². The van der Waals surface area contributed by atoms with Crippen LogP contribution >= 0.6 is 0 Å². The van der Waals surface area contributed by atoms with Crippen molar-refractivity contribution in [1.29, 1.82) is 0 Å². The maximum atomic E-state index is 10.1. The molecule has 0 spiro atoms. The van der Waals surface area contributed by atoms with Gasteiger partial charge in [-0.3, -0.25) is 0 Å². The lowest BCUT2D eigenvalue weighted by atomic mass is 10.3. The Morgan fingerprint density at radius 2 is 2.08 bits per heavy atom. The highest BCUT2D eigenvalue weighted by Crippen LogP contribution is 2.29. The average molecular weight is 184 g/mol. The zero-order chi connectivity index (χ0) is 9.84. The zero-order valence-corrected chi connectivity index (χ0v) is 6.60. The van der Waals surface area contributed by atoms with Gasteiger partial charge in [0.2, 0.25) is 0 Å². The number of phenols is 2. The Balaban J connectivity index is 2.75. The molecule has 1 rings (SSSR count). The van der Waals surface area contributed by atoms with Gasteiger partial charge in [0, 0.05) is 6.07 Å². The van der Waals surface area contributed by atoms with E-state index in [-0.39, 0.29) is 17.2 Å². The third kappa shape index (κ3) is 2.55. The van der Waals surface area contributed by atoms with Crippen molar-refractivity contribution in [3.8, 4) is 17.2 Å². The smallest absolute Gasteiger partial charge is 0.341 e. The van der Waals surface area contributed by atoms with E-state index in [0.717, 1.165) is 6.07 Å². The highest BCUT2D eigenvalue weighted by Gasteiger charge is 2.05. The van der Waals surface area contributed by atoms with Crippen molar-refractivity contribution in [3.63, 3.8) is 0 Å². The number of hydrogen-bond acceptors (Lipinski definition) is 4. The molecule has 0 radical (unpaired) electrons. The molecule has 3 N–H and O–H groups in total. The summed E-state index contributed by atoms with van der Waals surface area (Å²) in [4.78, 5) is 10.1. The third-order valence-electron chi connectivity index (χ3n) is 1.29. The predicted octanol–water partition coefficient (Wildman–Crippen LogP) is 0.561. The summed E-state index contributed by atoms with van der Waals surface area (Å²) in [7, 11) is 0. The van der Waals surface area contributed by atoms with Crippen LogP contribution in [0.1, 0.15) is 0 Å². The summed E-state index contributed by atoms with van der Waals surface area (Å²) in [6.07, 6.45) is 0. The van der Waals surface area contributed by atoms with Crippen LogP contribution in [0.4, 0.5) is 0 Å². The van der Waals surface area contributed by atoms with Crippen LogP contribution in [0.2, 0.25) is 0 Å². The molecule has 0 aliphatic rings. The van der Waals surface area contributed by atoms with Gasteiger partial charge in [-0.25, -0.2) is 4.79 Å². The van der Waals surface area contributed by atoms with E-state index in [9.17, 15) is 4.79 Å². The number of carboxylic acids is 1. The first-order valence-corrected chi connectivity index (χ1v) is 3.46. The fourth-order valence-electron chi connectivity index (χ4n) is 0.758. The molecule has 0 unspecified atom stereocenters. The largest absolute Gasteiger partial charge is 0.508 e. The number of rotatable bonds is 3. The van der Waals surface area contributed by atoms with Crippen LogP contribution in [0.3, 0.4) is 0 Å². The fraction of sp³-hybridized carbons (Fsp3) is 0.125. The Labute approximate surface area is 73.8 Å². The topological polar surface area (TPSA) is 87.0 Å². The molecule has 0 saturated heterocycles. The molecule has 5 nitrogen and oxygen atoms in total. The molecule has 1 aromatic rings. The Hall–Kier alpha value is -1.91. The van der Waals surface area contributed by atoms with Crippen molar-refractivity contribution in [2.24, 2.45) is 0 Å². The van der Waals surface area contributed by atoms with Crippen molar-refractivity contribution in [1.82, 2.24) is 0 Å². The first kappa shape index (κ1) is 9.18. The van der Waals surface area contributed by atoms with Crippen LogP contribution in [-0.2, 0) is 4.79 Å². The van der Waals surface area contributed by atoms with E-state index in [2.05, 4.69) is 4.74 Å².